The Balaban J connectivity index is 2.63. The minimum atomic E-state index is -2.81. The quantitative estimate of drug-likeness (QED) is 0.310. The van der Waals surface area contributed by atoms with Gasteiger partial charge in [-0.1, -0.05) is 81.4 Å². The van der Waals surface area contributed by atoms with E-state index in [1.165, 1.54) is 10.4 Å². The second kappa shape index (κ2) is 10.1. The monoisotopic (exact) mass is 450 g/mol. The maximum Gasteiger partial charge on any atom is 0.311 e. The SMILES string of the molecule is C#CCC[C@@](C)(COC(=O)C(C)(C)C)O[Si](c1ccccc1)(c1ccccc1)C(C)(C)C. The van der Waals surface area contributed by atoms with Gasteiger partial charge in [-0.15, -0.1) is 12.3 Å². The predicted molar refractivity (Wildman–Crippen MR) is 136 cm³/mol. The zero-order chi connectivity index (χ0) is 24.0. The predicted octanol–water partition coefficient (Wildman–Crippen LogP) is 5.32. The summed E-state index contributed by atoms with van der Waals surface area (Å²) in [5.74, 6) is 2.50. The lowest BCUT2D eigenvalue weighted by Crippen LogP contribution is -2.69. The number of ether oxygens (including phenoxy) is 1. The van der Waals surface area contributed by atoms with Crippen LogP contribution in [-0.4, -0.2) is 26.5 Å². The number of terminal acetylenes is 1. The average Bonchev–Trinajstić information content (AvgIpc) is 2.74. The molecule has 4 heteroatoms. The Morgan fingerprint density at radius 2 is 1.34 bits per heavy atom. The molecule has 2 aromatic rings. The van der Waals surface area contributed by atoms with E-state index in [9.17, 15) is 4.79 Å². The van der Waals surface area contributed by atoms with Crippen LogP contribution in [0.25, 0.3) is 0 Å². The first-order chi connectivity index (χ1) is 14.9. The summed E-state index contributed by atoms with van der Waals surface area (Å²) < 4.78 is 13.1. The van der Waals surface area contributed by atoms with Crippen LogP contribution >= 0.6 is 0 Å². The van der Waals surface area contributed by atoms with Crippen molar-refractivity contribution in [3.05, 3.63) is 60.7 Å². The third-order valence-electron chi connectivity index (χ3n) is 5.74. The van der Waals surface area contributed by atoms with E-state index in [4.69, 9.17) is 15.6 Å². The molecule has 0 amide bonds. The van der Waals surface area contributed by atoms with Gasteiger partial charge in [0.1, 0.15) is 6.61 Å². The first kappa shape index (κ1) is 25.9. The van der Waals surface area contributed by atoms with Gasteiger partial charge in [0, 0.05) is 6.42 Å². The van der Waals surface area contributed by atoms with Crippen LogP contribution in [0.4, 0.5) is 0 Å². The summed E-state index contributed by atoms with van der Waals surface area (Å²) >= 11 is 0. The molecule has 0 saturated heterocycles. The summed E-state index contributed by atoms with van der Waals surface area (Å²) in [6, 6.07) is 20.9. The molecule has 2 aromatic carbocycles. The van der Waals surface area contributed by atoms with E-state index in [1.54, 1.807) is 0 Å². The maximum absolute atomic E-state index is 12.6. The second-order valence-electron chi connectivity index (χ2n) is 10.7. The van der Waals surface area contributed by atoms with Gasteiger partial charge in [-0.3, -0.25) is 4.79 Å². The van der Waals surface area contributed by atoms with Gasteiger partial charge in [-0.25, -0.2) is 0 Å². The highest BCUT2D eigenvalue weighted by atomic mass is 28.4. The second-order valence-corrected chi connectivity index (χ2v) is 15.0. The number of esters is 1. The van der Waals surface area contributed by atoms with Crippen molar-refractivity contribution >= 4 is 24.7 Å². The normalized spacial score (nSPS) is 14.3. The van der Waals surface area contributed by atoms with Gasteiger partial charge in [0.2, 0.25) is 0 Å². The molecule has 0 aliphatic heterocycles. The molecule has 0 fully saturated rings. The maximum atomic E-state index is 12.6. The molecule has 0 aliphatic rings. The fourth-order valence-electron chi connectivity index (χ4n) is 3.94. The first-order valence-electron chi connectivity index (χ1n) is 11.3. The van der Waals surface area contributed by atoms with Crippen molar-refractivity contribution in [1.29, 1.82) is 0 Å². The van der Waals surface area contributed by atoms with Gasteiger partial charge >= 0.3 is 5.97 Å². The van der Waals surface area contributed by atoms with Crippen molar-refractivity contribution in [2.45, 2.75) is 71.9 Å². The van der Waals surface area contributed by atoms with E-state index < -0.39 is 19.3 Å². The van der Waals surface area contributed by atoms with Crippen molar-refractivity contribution in [3.8, 4) is 12.3 Å². The number of hydrogen-bond acceptors (Lipinski definition) is 3. The van der Waals surface area contributed by atoms with Gasteiger partial charge in [0.25, 0.3) is 8.32 Å². The highest BCUT2D eigenvalue weighted by Gasteiger charge is 2.53. The Bertz CT molecular complexity index is 878. The number of carbonyl (C=O) groups excluding carboxylic acids is 1. The number of hydrogen-bond donors (Lipinski definition) is 0. The molecule has 0 saturated carbocycles. The van der Waals surface area contributed by atoms with Crippen molar-refractivity contribution < 1.29 is 14.0 Å². The lowest BCUT2D eigenvalue weighted by molar-refractivity contribution is -0.159. The topological polar surface area (TPSA) is 35.5 Å². The Morgan fingerprint density at radius 3 is 1.72 bits per heavy atom. The lowest BCUT2D eigenvalue weighted by atomic mass is 9.97. The molecule has 32 heavy (non-hydrogen) atoms. The fraction of sp³-hybridized carbons (Fsp3) is 0.464. The van der Waals surface area contributed by atoms with Crippen LogP contribution in [-0.2, 0) is 14.0 Å². The first-order valence-corrected chi connectivity index (χ1v) is 13.2. The third-order valence-corrected chi connectivity index (χ3v) is 10.9. The van der Waals surface area contributed by atoms with E-state index in [0.29, 0.717) is 12.8 Å². The molecule has 0 heterocycles. The summed E-state index contributed by atoms with van der Waals surface area (Å²) in [5.41, 5.74) is -1.30. The molecule has 0 aromatic heterocycles. The van der Waals surface area contributed by atoms with Gasteiger partial charge in [-0.2, -0.15) is 0 Å². The zero-order valence-electron chi connectivity index (χ0n) is 20.7. The van der Waals surface area contributed by atoms with Crippen molar-refractivity contribution in [3.63, 3.8) is 0 Å². The van der Waals surface area contributed by atoms with Gasteiger partial charge < -0.3 is 9.16 Å². The van der Waals surface area contributed by atoms with E-state index in [0.717, 1.165) is 0 Å². The molecule has 1 atom stereocenters. The minimum Gasteiger partial charge on any atom is -0.462 e. The average molecular weight is 451 g/mol. The summed E-state index contributed by atoms with van der Waals surface area (Å²) in [4.78, 5) is 12.6. The van der Waals surface area contributed by atoms with Crippen LogP contribution in [0.15, 0.2) is 60.7 Å². The van der Waals surface area contributed by atoms with Crippen LogP contribution in [0.3, 0.4) is 0 Å². The molecular formula is C28H38O3Si. The molecule has 0 N–H and O–H groups in total. The Kier molecular flexibility index (Phi) is 8.15. The van der Waals surface area contributed by atoms with Crippen molar-refractivity contribution in [2.24, 2.45) is 5.41 Å². The summed E-state index contributed by atoms with van der Waals surface area (Å²) in [6.45, 7) is 14.5. The highest BCUT2D eigenvalue weighted by Crippen LogP contribution is 2.40. The molecule has 0 spiro atoms. The number of carbonyl (C=O) groups is 1. The molecule has 0 bridgehead atoms. The summed E-state index contributed by atoms with van der Waals surface area (Å²) in [7, 11) is -2.81. The zero-order valence-corrected chi connectivity index (χ0v) is 21.7. The Morgan fingerprint density at radius 1 is 0.875 bits per heavy atom. The smallest absolute Gasteiger partial charge is 0.311 e. The largest absolute Gasteiger partial charge is 0.462 e. The lowest BCUT2D eigenvalue weighted by Gasteiger charge is -2.48. The Hall–Kier alpha value is -2.35. The molecule has 0 radical (unpaired) electrons. The van der Waals surface area contributed by atoms with E-state index >= 15 is 0 Å². The van der Waals surface area contributed by atoms with Gasteiger partial charge in [0.15, 0.2) is 0 Å². The molecule has 2 rings (SSSR count). The summed E-state index contributed by atoms with van der Waals surface area (Å²) in [6.07, 6.45) is 6.78. The van der Waals surface area contributed by atoms with Crippen molar-refractivity contribution in [2.75, 3.05) is 6.61 Å². The van der Waals surface area contributed by atoms with Crippen LogP contribution in [0, 0.1) is 17.8 Å². The van der Waals surface area contributed by atoms with Crippen LogP contribution in [0.5, 0.6) is 0 Å². The number of rotatable bonds is 8. The third kappa shape index (κ3) is 5.91. The molecule has 0 unspecified atom stereocenters. The number of benzene rings is 2. The van der Waals surface area contributed by atoms with Gasteiger partial charge in [0.05, 0.1) is 11.0 Å². The standard InChI is InChI=1S/C28H38O3Si/c1-9-10-21-28(8,22-30-25(29)26(2,3)4)31-32(27(5,6)7,23-17-13-11-14-18-23)24-19-15-12-16-20-24/h1,11-20H,10,21-22H2,2-8H3/t28-/m0/s1. The van der Waals surface area contributed by atoms with E-state index in [-0.39, 0.29) is 17.6 Å². The van der Waals surface area contributed by atoms with Gasteiger partial charge in [-0.05, 0) is 49.5 Å². The fourth-order valence-corrected chi connectivity index (χ4v) is 8.77. The van der Waals surface area contributed by atoms with Crippen LogP contribution in [0.2, 0.25) is 5.04 Å². The molecule has 0 aliphatic carbocycles. The van der Waals surface area contributed by atoms with E-state index in [1.807, 2.05) is 39.8 Å². The highest BCUT2D eigenvalue weighted by molar-refractivity contribution is 6.99. The Labute approximate surface area is 195 Å². The summed E-state index contributed by atoms with van der Waals surface area (Å²) in [5, 5.41) is 2.20. The van der Waals surface area contributed by atoms with E-state index in [2.05, 4.69) is 75.2 Å². The molecule has 3 nitrogen and oxygen atoms in total. The van der Waals surface area contributed by atoms with Crippen LogP contribution in [0.1, 0.15) is 61.3 Å². The van der Waals surface area contributed by atoms with Crippen LogP contribution < -0.4 is 10.4 Å². The minimum absolute atomic E-state index is 0.162. The molecule has 172 valence electrons. The molecular weight excluding hydrogens is 412 g/mol. The van der Waals surface area contributed by atoms with Crippen molar-refractivity contribution in [1.82, 2.24) is 0 Å².